The molecule has 2 rings (SSSR count). The summed E-state index contributed by atoms with van der Waals surface area (Å²) in [6, 6.07) is 1.73. The Hall–Kier alpha value is -2.24. The van der Waals surface area contributed by atoms with Gasteiger partial charge < -0.3 is 4.74 Å². The van der Waals surface area contributed by atoms with Gasteiger partial charge >= 0.3 is 0 Å². The molecule has 0 aliphatic heterocycles. The Morgan fingerprint density at radius 3 is 2.73 bits per heavy atom. The van der Waals surface area contributed by atoms with Gasteiger partial charge in [0.15, 0.2) is 17.4 Å². The summed E-state index contributed by atoms with van der Waals surface area (Å²) in [5.74, 6) is 1.78. The van der Waals surface area contributed by atoms with E-state index >= 15 is 0 Å². The first-order valence-corrected chi connectivity index (χ1v) is 4.24. The van der Waals surface area contributed by atoms with Crippen molar-refractivity contribution in [2.45, 2.75) is 0 Å². The maximum absolute atomic E-state index is 4.92. The van der Waals surface area contributed by atoms with E-state index < -0.39 is 0 Å². The summed E-state index contributed by atoms with van der Waals surface area (Å²) in [6.07, 6.45) is 3.26. The molecule has 0 aromatic carbocycles. The second-order valence-electron chi connectivity index (χ2n) is 2.71. The monoisotopic (exact) mass is 203 g/mol. The summed E-state index contributed by atoms with van der Waals surface area (Å²) >= 11 is 0. The lowest BCUT2D eigenvalue weighted by molar-refractivity contribution is 0.367. The van der Waals surface area contributed by atoms with Gasteiger partial charge in [-0.3, -0.25) is 5.10 Å². The van der Waals surface area contributed by atoms with E-state index in [0.717, 1.165) is 0 Å². The fraction of sp³-hybridized carbons (Fsp3) is 0.111. The van der Waals surface area contributed by atoms with E-state index in [-0.39, 0.29) is 0 Å². The highest BCUT2D eigenvalue weighted by Gasteiger charge is 2.09. The van der Waals surface area contributed by atoms with Crippen molar-refractivity contribution >= 4 is 5.76 Å². The predicted octanol–water partition coefficient (Wildman–Crippen LogP) is 0.879. The minimum atomic E-state index is 0.420. The smallest absolute Gasteiger partial charge is 0.219 e. The van der Waals surface area contributed by atoms with Crippen molar-refractivity contribution in [1.29, 1.82) is 0 Å². The molecule has 0 bridgehead atoms. The van der Waals surface area contributed by atoms with Crippen LogP contribution in [0.25, 0.3) is 17.4 Å². The van der Waals surface area contributed by atoms with Gasteiger partial charge in [0.1, 0.15) is 0 Å². The largest absolute Gasteiger partial charge is 0.493 e. The first-order valence-electron chi connectivity index (χ1n) is 4.24. The Balaban J connectivity index is 2.32. The summed E-state index contributed by atoms with van der Waals surface area (Å²) in [6.45, 7) is 3.65. The van der Waals surface area contributed by atoms with Gasteiger partial charge in [0.25, 0.3) is 0 Å². The average Bonchev–Trinajstić information content (AvgIpc) is 2.78. The van der Waals surface area contributed by atoms with E-state index in [9.17, 15) is 0 Å². The molecule has 0 aliphatic carbocycles. The number of aromatic nitrogens is 5. The molecule has 15 heavy (non-hydrogen) atoms. The van der Waals surface area contributed by atoms with Gasteiger partial charge in [-0.1, -0.05) is 6.58 Å². The van der Waals surface area contributed by atoms with Gasteiger partial charge in [-0.15, -0.1) is 5.10 Å². The van der Waals surface area contributed by atoms with Gasteiger partial charge in [-0.25, -0.2) is 15.0 Å². The summed E-state index contributed by atoms with van der Waals surface area (Å²) < 4.78 is 4.92. The highest BCUT2D eigenvalue weighted by molar-refractivity contribution is 5.52. The number of hydrogen-bond acceptors (Lipinski definition) is 5. The van der Waals surface area contributed by atoms with Crippen LogP contribution in [0.2, 0.25) is 0 Å². The van der Waals surface area contributed by atoms with Crippen LogP contribution in [0.4, 0.5) is 0 Å². The van der Waals surface area contributed by atoms with Crippen LogP contribution in [-0.4, -0.2) is 32.3 Å². The summed E-state index contributed by atoms with van der Waals surface area (Å²) in [7, 11) is 1.52. The zero-order valence-electron chi connectivity index (χ0n) is 8.14. The van der Waals surface area contributed by atoms with Crippen molar-refractivity contribution in [2.75, 3.05) is 7.11 Å². The van der Waals surface area contributed by atoms with Crippen LogP contribution in [0.1, 0.15) is 5.82 Å². The third-order valence-corrected chi connectivity index (χ3v) is 1.76. The molecule has 0 saturated carbocycles. The molecule has 2 heterocycles. The topological polar surface area (TPSA) is 76.6 Å². The van der Waals surface area contributed by atoms with Crippen molar-refractivity contribution in [3.05, 3.63) is 30.9 Å². The zero-order chi connectivity index (χ0) is 10.7. The molecule has 0 radical (unpaired) electrons. The minimum Gasteiger partial charge on any atom is -0.493 e. The Bertz CT molecular complexity index is 464. The molecule has 0 unspecified atom stereocenters. The standard InChI is InChI=1S/C9H9N5O/c1-6(15-2)7-12-9(14-13-7)8-10-4-3-5-11-8/h3-5H,1H2,2H3,(H,12,13,14). The lowest BCUT2D eigenvalue weighted by atomic mass is 10.5. The van der Waals surface area contributed by atoms with Crippen LogP contribution in [0.15, 0.2) is 25.0 Å². The molecule has 0 amide bonds. The minimum absolute atomic E-state index is 0.420. The van der Waals surface area contributed by atoms with Gasteiger partial charge in [-0.05, 0) is 6.07 Å². The molecule has 0 spiro atoms. The average molecular weight is 203 g/mol. The number of hydrogen-bond donors (Lipinski definition) is 1. The summed E-state index contributed by atoms with van der Waals surface area (Å²) in [4.78, 5) is 12.2. The van der Waals surface area contributed by atoms with Crippen molar-refractivity contribution in [1.82, 2.24) is 25.1 Å². The van der Waals surface area contributed by atoms with Crippen LogP contribution in [0, 0.1) is 0 Å². The maximum Gasteiger partial charge on any atom is 0.219 e. The molecular weight excluding hydrogens is 194 g/mol. The Labute approximate surface area is 86.1 Å². The molecule has 2 aromatic rings. The van der Waals surface area contributed by atoms with Crippen LogP contribution in [0.3, 0.4) is 0 Å². The van der Waals surface area contributed by atoms with E-state index in [1.54, 1.807) is 18.5 Å². The molecule has 0 fully saturated rings. The normalized spacial score (nSPS) is 9.93. The summed E-state index contributed by atoms with van der Waals surface area (Å²) in [5.41, 5.74) is 0. The number of rotatable bonds is 3. The quantitative estimate of drug-likeness (QED) is 0.749. The Kier molecular flexibility index (Phi) is 2.40. The van der Waals surface area contributed by atoms with Crippen LogP contribution in [-0.2, 0) is 4.74 Å². The Morgan fingerprint density at radius 1 is 1.33 bits per heavy atom. The van der Waals surface area contributed by atoms with Gasteiger partial charge in [0.05, 0.1) is 7.11 Å². The number of methoxy groups -OCH3 is 1. The SMILES string of the molecule is C=C(OC)c1nc(-c2ncccn2)n[nH]1. The van der Waals surface area contributed by atoms with Crippen LogP contribution in [0.5, 0.6) is 0 Å². The van der Waals surface area contributed by atoms with Gasteiger partial charge in [0.2, 0.25) is 5.82 Å². The van der Waals surface area contributed by atoms with E-state index in [2.05, 4.69) is 31.7 Å². The number of nitrogens with one attached hydrogen (secondary N) is 1. The third-order valence-electron chi connectivity index (χ3n) is 1.76. The van der Waals surface area contributed by atoms with E-state index in [1.807, 2.05) is 0 Å². The van der Waals surface area contributed by atoms with E-state index in [0.29, 0.717) is 23.2 Å². The summed E-state index contributed by atoms with van der Waals surface area (Å²) in [5, 5.41) is 6.64. The second-order valence-corrected chi connectivity index (χ2v) is 2.71. The fourth-order valence-corrected chi connectivity index (χ4v) is 0.998. The van der Waals surface area contributed by atoms with Crippen molar-refractivity contribution in [3.8, 4) is 11.6 Å². The molecule has 6 nitrogen and oxygen atoms in total. The lowest BCUT2D eigenvalue weighted by Gasteiger charge is -1.96. The number of H-pyrrole nitrogens is 1. The molecule has 6 heteroatoms. The van der Waals surface area contributed by atoms with Crippen molar-refractivity contribution in [3.63, 3.8) is 0 Å². The number of nitrogens with zero attached hydrogens (tertiary/aromatic N) is 4. The van der Waals surface area contributed by atoms with Gasteiger partial charge in [0, 0.05) is 12.4 Å². The predicted molar refractivity (Wildman–Crippen MR) is 53.5 cm³/mol. The highest BCUT2D eigenvalue weighted by atomic mass is 16.5. The van der Waals surface area contributed by atoms with E-state index in [1.165, 1.54) is 7.11 Å². The number of ether oxygens (including phenoxy) is 1. The van der Waals surface area contributed by atoms with E-state index in [4.69, 9.17) is 4.74 Å². The lowest BCUT2D eigenvalue weighted by Crippen LogP contribution is -1.90. The molecule has 0 atom stereocenters. The molecular formula is C9H9N5O. The number of aromatic amines is 1. The van der Waals surface area contributed by atoms with Crippen molar-refractivity contribution < 1.29 is 4.74 Å². The highest BCUT2D eigenvalue weighted by Crippen LogP contribution is 2.11. The molecule has 2 aromatic heterocycles. The third kappa shape index (κ3) is 1.83. The molecule has 0 aliphatic rings. The van der Waals surface area contributed by atoms with Crippen molar-refractivity contribution in [2.24, 2.45) is 0 Å². The molecule has 76 valence electrons. The van der Waals surface area contributed by atoms with Crippen LogP contribution >= 0.6 is 0 Å². The zero-order valence-corrected chi connectivity index (χ0v) is 8.14. The van der Waals surface area contributed by atoms with Crippen LogP contribution < -0.4 is 0 Å². The first-order chi connectivity index (χ1) is 7.31. The van der Waals surface area contributed by atoms with Gasteiger partial charge in [-0.2, -0.15) is 0 Å². The molecule has 1 N–H and O–H groups in total. The Morgan fingerprint density at radius 2 is 2.07 bits per heavy atom. The fourth-order valence-electron chi connectivity index (χ4n) is 0.998. The second kappa shape index (κ2) is 3.87. The maximum atomic E-state index is 4.92. The molecule has 0 saturated heterocycles. The first kappa shape index (κ1) is 9.32.